The Bertz CT molecular complexity index is 1020. The van der Waals surface area contributed by atoms with Crippen LogP contribution in [0.4, 0.5) is 0 Å². The fourth-order valence-corrected chi connectivity index (χ4v) is 4.82. The quantitative estimate of drug-likeness (QED) is 0.145. The average molecular weight is 494 g/mol. The number of benzene rings is 2. The molecule has 0 aliphatic rings. The zero-order valence-electron chi connectivity index (χ0n) is 20.5. The number of esters is 1. The van der Waals surface area contributed by atoms with Crippen LogP contribution in [0.1, 0.15) is 50.5 Å². The van der Waals surface area contributed by atoms with Gasteiger partial charge in [-0.15, -0.1) is 11.3 Å². The molecular weight excluding hydrogens is 458 g/mol. The van der Waals surface area contributed by atoms with Gasteiger partial charge in [0.25, 0.3) is 0 Å². The lowest BCUT2D eigenvalue weighted by Gasteiger charge is -2.22. The molecule has 0 N–H and O–H groups in total. The number of aryl methyl sites for hydroxylation is 2. The molecule has 0 fully saturated rings. The predicted molar refractivity (Wildman–Crippen MR) is 141 cm³/mol. The van der Waals surface area contributed by atoms with Crippen molar-refractivity contribution < 1.29 is 19.1 Å². The molecular formula is C29H35NO4S. The summed E-state index contributed by atoms with van der Waals surface area (Å²) >= 11 is 1.83. The van der Waals surface area contributed by atoms with Crippen molar-refractivity contribution in [2.45, 2.75) is 45.3 Å². The normalized spacial score (nSPS) is 11.0. The van der Waals surface area contributed by atoms with Gasteiger partial charge in [-0.1, -0.05) is 42.5 Å². The van der Waals surface area contributed by atoms with Crippen LogP contribution < -0.4 is 0 Å². The molecule has 3 aromatic rings. The molecule has 0 amide bonds. The van der Waals surface area contributed by atoms with E-state index in [0.717, 1.165) is 57.2 Å². The largest absolute Gasteiger partial charge is 0.465 e. The van der Waals surface area contributed by atoms with Gasteiger partial charge in [-0.3, -0.25) is 4.90 Å². The van der Waals surface area contributed by atoms with Gasteiger partial charge >= 0.3 is 5.97 Å². The second kappa shape index (κ2) is 15.2. The topological polar surface area (TPSA) is 55.8 Å². The predicted octanol–water partition coefficient (Wildman–Crippen LogP) is 5.71. The standard InChI is InChI=1S/C29H35NO4S/c1-33-29(32)26-13-10-25(11-14-26)22-30(18-6-3-7-20-31)19-21-34-23-28-17-16-27(35-28)15-12-24-8-4-2-5-9-24/h2,4-5,8-11,13-14,16-17,20H,3,6-7,12,15,18-19,21-23H2,1H3. The van der Waals surface area contributed by atoms with Gasteiger partial charge in [0.15, 0.2) is 0 Å². The first-order valence-corrected chi connectivity index (χ1v) is 13.0. The average Bonchev–Trinajstić information content (AvgIpc) is 3.36. The lowest BCUT2D eigenvalue weighted by molar-refractivity contribution is -0.107. The van der Waals surface area contributed by atoms with Crippen LogP contribution in [0.25, 0.3) is 0 Å². The van der Waals surface area contributed by atoms with Crippen molar-refractivity contribution in [1.29, 1.82) is 0 Å². The van der Waals surface area contributed by atoms with Crippen LogP contribution in [0.2, 0.25) is 0 Å². The zero-order valence-corrected chi connectivity index (χ0v) is 21.3. The van der Waals surface area contributed by atoms with Gasteiger partial charge in [-0.25, -0.2) is 4.79 Å². The highest BCUT2D eigenvalue weighted by Gasteiger charge is 2.09. The van der Waals surface area contributed by atoms with Crippen LogP contribution >= 0.6 is 11.3 Å². The maximum atomic E-state index is 11.7. The molecule has 1 aromatic heterocycles. The van der Waals surface area contributed by atoms with E-state index in [-0.39, 0.29) is 5.97 Å². The summed E-state index contributed by atoms with van der Waals surface area (Å²) in [6.07, 6.45) is 5.55. The fraction of sp³-hybridized carbons (Fsp3) is 0.379. The maximum absolute atomic E-state index is 11.7. The smallest absolute Gasteiger partial charge is 0.337 e. The van der Waals surface area contributed by atoms with Gasteiger partial charge in [-0.05, 0) is 67.6 Å². The van der Waals surface area contributed by atoms with Crippen LogP contribution in [-0.2, 0) is 40.3 Å². The van der Waals surface area contributed by atoms with E-state index in [9.17, 15) is 9.59 Å². The number of hydrogen-bond acceptors (Lipinski definition) is 6. The molecule has 0 radical (unpaired) electrons. The van der Waals surface area contributed by atoms with E-state index >= 15 is 0 Å². The Morgan fingerprint density at radius 3 is 2.40 bits per heavy atom. The monoisotopic (exact) mass is 493 g/mol. The molecule has 0 saturated carbocycles. The van der Waals surface area contributed by atoms with Crippen LogP contribution in [0.3, 0.4) is 0 Å². The fourth-order valence-electron chi connectivity index (χ4n) is 3.87. The Morgan fingerprint density at radius 2 is 1.66 bits per heavy atom. The third-order valence-corrected chi connectivity index (χ3v) is 6.96. The molecule has 6 heteroatoms. The Balaban J connectivity index is 1.44. The number of nitrogens with zero attached hydrogens (tertiary/aromatic N) is 1. The number of ether oxygens (including phenoxy) is 2. The molecule has 0 saturated heterocycles. The van der Waals surface area contributed by atoms with E-state index in [1.807, 2.05) is 23.5 Å². The molecule has 2 aromatic carbocycles. The van der Waals surface area contributed by atoms with Gasteiger partial charge in [-0.2, -0.15) is 0 Å². The van der Waals surface area contributed by atoms with E-state index in [1.165, 1.54) is 22.4 Å². The molecule has 0 spiro atoms. The third-order valence-electron chi connectivity index (χ3n) is 5.84. The molecule has 0 bridgehead atoms. The Labute approximate surface area is 212 Å². The maximum Gasteiger partial charge on any atom is 0.337 e. The highest BCUT2D eigenvalue weighted by atomic mass is 32.1. The summed E-state index contributed by atoms with van der Waals surface area (Å²) in [5, 5.41) is 0. The number of rotatable bonds is 16. The zero-order chi connectivity index (χ0) is 24.7. The van der Waals surface area contributed by atoms with E-state index in [0.29, 0.717) is 25.2 Å². The molecule has 5 nitrogen and oxygen atoms in total. The summed E-state index contributed by atoms with van der Waals surface area (Å²) in [4.78, 5) is 27.3. The molecule has 0 aliphatic carbocycles. The number of hydrogen-bond donors (Lipinski definition) is 0. The Morgan fingerprint density at radius 1 is 0.886 bits per heavy atom. The summed E-state index contributed by atoms with van der Waals surface area (Å²) in [6.45, 7) is 3.76. The first-order valence-electron chi connectivity index (χ1n) is 12.2. The minimum absolute atomic E-state index is 0.326. The number of carbonyl (C=O) groups excluding carboxylic acids is 2. The molecule has 0 unspecified atom stereocenters. The summed E-state index contributed by atoms with van der Waals surface area (Å²) in [5.41, 5.74) is 3.05. The van der Waals surface area contributed by atoms with Crippen LogP contribution in [-0.4, -0.2) is 44.0 Å². The van der Waals surface area contributed by atoms with Crippen molar-refractivity contribution in [3.63, 3.8) is 0 Å². The van der Waals surface area contributed by atoms with Crippen molar-refractivity contribution in [2.24, 2.45) is 0 Å². The molecule has 35 heavy (non-hydrogen) atoms. The molecule has 0 atom stereocenters. The summed E-state index contributed by atoms with van der Waals surface area (Å²) < 4.78 is 10.8. The number of aldehydes is 1. The molecule has 186 valence electrons. The highest BCUT2D eigenvalue weighted by Crippen LogP contribution is 2.19. The first kappa shape index (κ1) is 26.8. The van der Waals surface area contributed by atoms with Gasteiger partial charge in [0.2, 0.25) is 0 Å². The third kappa shape index (κ3) is 9.76. The van der Waals surface area contributed by atoms with Gasteiger partial charge < -0.3 is 14.3 Å². The van der Waals surface area contributed by atoms with Crippen LogP contribution in [0.15, 0.2) is 66.7 Å². The number of thiophene rings is 1. The number of methoxy groups -OCH3 is 1. The SMILES string of the molecule is COC(=O)c1ccc(CN(CCCCC=O)CCOCc2ccc(CCc3ccccc3)s2)cc1. The van der Waals surface area contributed by atoms with Crippen LogP contribution in [0.5, 0.6) is 0 Å². The van der Waals surface area contributed by atoms with Crippen molar-refractivity contribution in [2.75, 3.05) is 26.8 Å². The van der Waals surface area contributed by atoms with E-state index in [1.54, 1.807) is 12.1 Å². The lowest BCUT2D eigenvalue weighted by atomic mass is 10.1. The van der Waals surface area contributed by atoms with Gasteiger partial charge in [0, 0.05) is 29.3 Å². The summed E-state index contributed by atoms with van der Waals surface area (Å²) in [5.74, 6) is -0.326. The number of carbonyl (C=O) groups is 2. The number of unbranched alkanes of at least 4 members (excludes halogenated alkanes) is 2. The van der Waals surface area contributed by atoms with E-state index < -0.39 is 0 Å². The lowest BCUT2D eigenvalue weighted by Crippen LogP contribution is -2.28. The van der Waals surface area contributed by atoms with E-state index in [4.69, 9.17) is 9.47 Å². The summed E-state index contributed by atoms with van der Waals surface area (Å²) in [7, 11) is 1.39. The van der Waals surface area contributed by atoms with Crippen molar-refractivity contribution in [3.8, 4) is 0 Å². The Hall–Kier alpha value is -2.80. The van der Waals surface area contributed by atoms with E-state index in [2.05, 4.69) is 47.4 Å². The highest BCUT2D eigenvalue weighted by molar-refractivity contribution is 7.11. The Kier molecular flexibility index (Phi) is 11.7. The van der Waals surface area contributed by atoms with Crippen molar-refractivity contribution in [1.82, 2.24) is 4.90 Å². The molecule has 1 heterocycles. The minimum atomic E-state index is -0.326. The first-order chi connectivity index (χ1) is 17.2. The molecule has 0 aliphatic heterocycles. The van der Waals surface area contributed by atoms with Crippen molar-refractivity contribution >= 4 is 23.6 Å². The minimum Gasteiger partial charge on any atom is -0.465 e. The molecule has 3 rings (SSSR count). The van der Waals surface area contributed by atoms with Gasteiger partial charge in [0.1, 0.15) is 6.29 Å². The second-order valence-electron chi connectivity index (χ2n) is 8.53. The summed E-state index contributed by atoms with van der Waals surface area (Å²) in [6, 6.07) is 22.5. The van der Waals surface area contributed by atoms with Crippen LogP contribution in [0, 0.1) is 0 Å². The van der Waals surface area contributed by atoms with Gasteiger partial charge in [0.05, 0.1) is 25.9 Å². The second-order valence-corrected chi connectivity index (χ2v) is 9.79. The van der Waals surface area contributed by atoms with Crippen molar-refractivity contribution in [3.05, 3.63) is 93.2 Å².